The minimum absolute atomic E-state index is 0.129. The van der Waals surface area contributed by atoms with Crippen LogP contribution in [-0.4, -0.2) is 30.3 Å². The Balaban J connectivity index is 1.37. The van der Waals surface area contributed by atoms with E-state index >= 15 is 0 Å². The van der Waals surface area contributed by atoms with Gasteiger partial charge in [-0.3, -0.25) is 9.48 Å². The summed E-state index contributed by atoms with van der Waals surface area (Å²) < 4.78 is 42.2. The number of hydrogen-bond donors (Lipinski definition) is 1. The molecule has 1 N–H and O–H groups in total. The third-order valence-corrected chi connectivity index (χ3v) is 5.80. The molecule has 0 saturated heterocycles. The number of anilines is 1. The van der Waals surface area contributed by atoms with Crippen LogP contribution in [0.5, 0.6) is 0 Å². The zero-order valence-electron chi connectivity index (χ0n) is 19.4. The number of carbonyl (C=O) groups excluding carboxylic acids is 1. The molecule has 0 saturated carbocycles. The number of fused-ring (bicyclic) bond motifs is 1. The molecule has 3 aromatic heterocycles. The third kappa shape index (κ3) is 4.57. The van der Waals surface area contributed by atoms with Crippen LogP contribution in [0.4, 0.5) is 19.0 Å². The van der Waals surface area contributed by atoms with Gasteiger partial charge < -0.3 is 5.32 Å². The Morgan fingerprint density at radius 1 is 1.03 bits per heavy atom. The first kappa shape index (κ1) is 23.3. The zero-order chi connectivity index (χ0) is 25.4. The number of carbonyl (C=O) groups is 1. The van der Waals surface area contributed by atoms with Crippen LogP contribution >= 0.6 is 0 Å². The lowest BCUT2D eigenvalue weighted by Gasteiger charge is -2.09. The van der Waals surface area contributed by atoms with E-state index in [9.17, 15) is 18.0 Å². The number of nitrogens with one attached hydrogen (secondary N) is 1. The van der Waals surface area contributed by atoms with E-state index in [-0.39, 0.29) is 17.9 Å². The monoisotopic (exact) mass is 490 g/mol. The number of amides is 1. The fourth-order valence-corrected chi connectivity index (χ4v) is 3.93. The summed E-state index contributed by atoms with van der Waals surface area (Å²) in [5.74, 6) is -0.166. The van der Waals surface area contributed by atoms with E-state index in [1.165, 1.54) is 16.9 Å². The summed E-state index contributed by atoms with van der Waals surface area (Å²) >= 11 is 0. The van der Waals surface area contributed by atoms with E-state index in [1.807, 2.05) is 37.3 Å². The van der Waals surface area contributed by atoms with E-state index in [0.717, 1.165) is 29.0 Å². The Hall–Kier alpha value is -4.47. The molecular weight excluding hydrogens is 469 g/mol. The summed E-state index contributed by atoms with van der Waals surface area (Å²) in [5, 5.41) is 11.5. The second-order valence-electron chi connectivity index (χ2n) is 8.47. The molecule has 0 spiro atoms. The molecule has 0 bridgehead atoms. The molecule has 5 rings (SSSR count). The van der Waals surface area contributed by atoms with Crippen molar-refractivity contribution in [3.8, 4) is 11.3 Å². The molecule has 0 aliphatic rings. The number of hydrogen-bond acceptors (Lipinski definition) is 4. The van der Waals surface area contributed by atoms with Crippen molar-refractivity contribution in [2.24, 2.45) is 0 Å². The average Bonchev–Trinajstić information content (AvgIpc) is 3.42. The predicted octanol–water partition coefficient (Wildman–Crippen LogP) is 5.53. The van der Waals surface area contributed by atoms with Crippen LogP contribution in [0.15, 0.2) is 73.1 Å². The van der Waals surface area contributed by atoms with Crippen molar-refractivity contribution in [2.45, 2.75) is 26.6 Å². The van der Waals surface area contributed by atoms with Gasteiger partial charge in [0, 0.05) is 23.5 Å². The second kappa shape index (κ2) is 8.95. The van der Waals surface area contributed by atoms with E-state index in [0.29, 0.717) is 16.9 Å². The van der Waals surface area contributed by atoms with Crippen LogP contribution < -0.4 is 5.32 Å². The van der Waals surface area contributed by atoms with Gasteiger partial charge in [-0.2, -0.15) is 23.4 Å². The maximum atomic E-state index is 13.0. The Labute approximate surface area is 204 Å². The second-order valence-corrected chi connectivity index (χ2v) is 8.47. The number of alkyl halides is 3. The summed E-state index contributed by atoms with van der Waals surface area (Å²) in [7, 11) is 0. The van der Waals surface area contributed by atoms with Crippen molar-refractivity contribution in [1.82, 2.24) is 24.4 Å². The van der Waals surface area contributed by atoms with Crippen molar-refractivity contribution >= 4 is 17.4 Å². The van der Waals surface area contributed by atoms with Gasteiger partial charge in [0.25, 0.3) is 5.91 Å². The van der Waals surface area contributed by atoms with Gasteiger partial charge >= 0.3 is 6.18 Å². The van der Waals surface area contributed by atoms with Crippen molar-refractivity contribution in [3.05, 3.63) is 101 Å². The maximum absolute atomic E-state index is 13.0. The van der Waals surface area contributed by atoms with Crippen LogP contribution in [0.2, 0.25) is 0 Å². The third-order valence-electron chi connectivity index (χ3n) is 5.80. The predicted molar refractivity (Wildman–Crippen MR) is 129 cm³/mol. The van der Waals surface area contributed by atoms with Crippen LogP contribution in [0, 0.1) is 13.8 Å². The van der Waals surface area contributed by atoms with Crippen molar-refractivity contribution in [3.63, 3.8) is 0 Å². The smallest absolute Gasteiger partial charge is 0.305 e. The van der Waals surface area contributed by atoms with Gasteiger partial charge in [-0.05, 0) is 37.6 Å². The van der Waals surface area contributed by atoms with Crippen LogP contribution in [0.1, 0.15) is 32.7 Å². The molecule has 0 atom stereocenters. The van der Waals surface area contributed by atoms with Gasteiger partial charge in [0.1, 0.15) is 5.56 Å². The first-order valence-corrected chi connectivity index (χ1v) is 11.1. The largest absolute Gasteiger partial charge is 0.416 e. The van der Waals surface area contributed by atoms with Gasteiger partial charge in [-0.15, -0.1) is 0 Å². The normalized spacial score (nSPS) is 11.7. The molecule has 10 heteroatoms. The molecule has 36 heavy (non-hydrogen) atoms. The maximum Gasteiger partial charge on any atom is 0.416 e. The number of halogens is 3. The minimum Gasteiger partial charge on any atom is -0.305 e. The number of nitrogens with zero attached hydrogens (tertiary/aromatic N) is 5. The van der Waals surface area contributed by atoms with E-state index in [1.54, 1.807) is 29.8 Å². The molecule has 7 nitrogen and oxygen atoms in total. The first-order valence-electron chi connectivity index (χ1n) is 11.1. The Kier molecular flexibility index (Phi) is 5.79. The number of benzene rings is 2. The van der Waals surface area contributed by atoms with Gasteiger partial charge in [0.15, 0.2) is 11.5 Å². The first-order chi connectivity index (χ1) is 17.2. The molecule has 0 aliphatic carbocycles. The highest BCUT2D eigenvalue weighted by Crippen LogP contribution is 2.30. The van der Waals surface area contributed by atoms with E-state index < -0.39 is 17.6 Å². The molecule has 0 fully saturated rings. The summed E-state index contributed by atoms with van der Waals surface area (Å²) in [4.78, 5) is 17.4. The highest BCUT2D eigenvalue weighted by Gasteiger charge is 2.30. The number of rotatable bonds is 5. The lowest BCUT2D eigenvalue weighted by atomic mass is 10.1. The van der Waals surface area contributed by atoms with Crippen LogP contribution in [0.25, 0.3) is 16.9 Å². The van der Waals surface area contributed by atoms with Crippen molar-refractivity contribution < 1.29 is 18.0 Å². The molecule has 0 radical (unpaired) electrons. The summed E-state index contributed by atoms with van der Waals surface area (Å²) in [5.41, 5.74) is 3.94. The highest BCUT2D eigenvalue weighted by atomic mass is 19.4. The lowest BCUT2D eigenvalue weighted by Crippen LogP contribution is -2.13. The van der Waals surface area contributed by atoms with Gasteiger partial charge in [-0.25, -0.2) is 9.50 Å². The molecule has 5 aromatic rings. The minimum atomic E-state index is -4.42. The van der Waals surface area contributed by atoms with Crippen LogP contribution in [-0.2, 0) is 12.7 Å². The van der Waals surface area contributed by atoms with E-state index in [2.05, 4.69) is 20.5 Å². The molecule has 1 amide bonds. The van der Waals surface area contributed by atoms with Crippen LogP contribution in [0.3, 0.4) is 0 Å². The van der Waals surface area contributed by atoms with Crippen molar-refractivity contribution in [1.29, 1.82) is 0 Å². The number of aryl methyl sites for hydroxylation is 2. The topological polar surface area (TPSA) is 77.1 Å². The SMILES string of the molecule is Cc1ccc(-c2ccnc3c(C(=O)Nc4cc(C)n(Cc5cccc(C(F)(F)F)c5)n4)cnn23)cc1. The van der Waals surface area contributed by atoms with Crippen molar-refractivity contribution in [2.75, 3.05) is 5.32 Å². The average molecular weight is 490 g/mol. The summed E-state index contributed by atoms with van der Waals surface area (Å²) in [6.45, 7) is 3.90. The summed E-state index contributed by atoms with van der Waals surface area (Å²) in [6, 6.07) is 16.5. The molecule has 0 unspecified atom stereocenters. The lowest BCUT2D eigenvalue weighted by molar-refractivity contribution is -0.137. The van der Waals surface area contributed by atoms with Gasteiger partial charge in [-0.1, -0.05) is 42.0 Å². The molecule has 182 valence electrons. The zero-order valence-corrected chi connectivity index (χ0v) is 19.4. The fraction of sp³-hybridized carbons (Fsp3) is 0.154. The standard InChI is InChI=1S/C26H21F3N6O/c1-16-6-8-19(9-7-16)22-10-11-30-24-21(14-31-35(22)24)25(36)32-23-12-17(2)34(33-23)15-18-4-3-5-20(13-18)26(27,28)29/h3-14H,15H2,1-2H3,(H,32,33,36). The fourth-order valence-electron chi connectivity index (χ4n) is 3.93. The van der Waals surface area contributed by atoms with E-state index in [4.69, 9.17) is 0 Å². The van der Waals surface area contributed by atoms with Gasteiger partial charge in [0.2, 0.25) is 0 Å². The highest BCUT2D eigenvalue weighted by molar-refractivity contribution is 6.07. The molecule has 2 aromatic carbocycles. The number of aromatic nitrogens is 5. The Morgan fingerprint density at radius 3 is 2.56 bits per heavy atom. The van der Waals surface area contributed by atoms with Gasteiger partial charge in [0.05, 0.1) is 24.0 Å². The quantitative estimate of drug-likeness (QED) is 0.352. The molecule has 3 heterocycles. The molecule has 0 aliphatic heterocycles. The Bertz CT molecular complexity index is 1570. The summed E-state index contributed by atoms with van der Waals surface area (Å²) in [6.07, 6.45) is -1.35. The molecular formula is C26H21F3N6O. The Morgan fingerprint density at radius 2 is 1.81 bits per heavy atom.